The summed E-state index contributed by atoms with van der Waals surface area (Å²) in [6.45, 7) is 4.55. The number of nitrogens with zero attached hydrogens (tertiary/aromatic N) is 3. The Morgan fingerprint density at radius 2 is 2.11 bits per heavy atom. The molecule has 2 aromatic rings. The number of anilines is 2. The maximum absolute atomic E-state index is 6.10. The molecule has 0 unspecified atom stereocenters. The number of nitrogens with one attached hydrogen (secondary N) is 1. The number of aromatic nitrogens is 3. The molecule has 1 heterocycles. The van der Waals surface area contributed by atoms with Crippen LogP contribution < -0.4 is 11.1 Å². The summed E-state index contributed by atoms with van der Waals surface area (Å²) in [6, 6.07) is 7.88. The number of benzene rings is 1. The smallest absolute Gasteiger partial charge is 0.244 e. The Bertz CT molecular complexity index is 535. The van der Waals surface area contributed by atoms with Gasteiger partial charge in [0.25, 0.3) is 0 Å². The molecule has 0 amide bonds. The van der Waals surface area contributed by atoms with Gasteiger partial charge in [-0.05, 0) is 25.5 Å². The summed E-state index contributed by atoms with van der Waals surface area (Å²) < 4.78 is 1.63. The average molecular weight is 266 g/mol. The van der Waals surface area contributed by atoms with Gasteiger partial charge in [-0.1, -0.05) is 29.8 Å². The molecule has 1 aromatic heterocycles. The first-order valence-corrected chi connectivity index (χ1v) is 6.14. The third kappa shape index (κ3) is 2.92. The van der Waals surface area contributed by atoms with Crippen molar-refractivity contribution < 1.29 is 0 Å². The molecule has 18 heavy (non-hydrogen) atoms. The Morgan fingerprint density at radius 1 is 1.39 bits per heavy atom. The third-order valence-corrected chi connectivity index (χ3v) is 2.76. The molecule has 0 aliphatic heterocycles. The van der Waals surface area contributed by atoms with E-state index in [-0.39, 0.29) is 6.04 Å². The van der Waals surface area contributed by atoms with Crippen LogP contribution in [0.15, 0.2) is 24.3 Å². The zero-order valence-electron chi connectivity index (χ0n) is 10.4. The maximum Gasteiger partial charge on any atom is 0.244 e. The molecule has 0 aliphatic rings. The molecule has 6 heteroatoms. The maximum atomic E-state index is 6.10. The molecule has 0 saturated carbocycles. The van der Waals surface area contributed by atoms with Gasteiger partial charge in [0.15, 0.2) is 0 Å². The lowest BCUT2D eigenvalue weighted by Gasteiger charge is -2.05. The third-order valence-electron chi connectivity index (χ3n) is 2.40. The largest absolute Gasteiger partial charge is 0.368 e. The highest BCUT2D eigenvalue weighted by atomic mass is 35.5. The fourth-order valence-electron chi connectivity index (χ4n) is 1.58. The van der Waals surface area contributed by atoms with E-state index in [1.807, 2.05) is 38.1 Å². The molecule has 0 bridgehead atoms. The van der Waals surface area contributed by atoms with E-state index in [9.17, 15) is 0 Å². The van der Waals surface area contributed by atoms with Gasteiger partial charge in [0.2, 0.25) is 11.9 Å². The number of hydrogen-bond acceptors (Lipinski definition) is 4. The van der Waals surface area contributed by atoms with E-state index in [2.05, 4.69) is 15.4 Å². The number of nitrogens with two attached hydrogens (primary N) is 1. The van der Waals surface area contributed by atoms with E-state index in [0.717, 1.165) is 5.56 Å². The van der Waals surface area contributed by atoms with Crippen molar-refractivity contribution in [3.05, 3.63) is 34.9 Å². The Balaban J connectivity index is 2.19. The predicted molar refractivity (Wildman–Crippen MR) is 73.7 cm³/mol. The number of halogens is 1. The van der Waals surface area contributed by atoms with Crippen molar-refractivity contribution >= 4 is 23.5 Å². The highest BCUT2D eigenvalue weighted by Gasteiger charge is 2.09. The topological polar surface area (TPSA) is 68.8 Å². The van der Waals surface area contributed by atoms with Gasteiger partial charge < -0.3 is 11.1 Å². The molecule has 0 aliphatic carbocycles. The lowest BCUT2D eigenvalue weighted by Crippen LogP contribution is -2.11. The quantitative estimate of drug-likeness (QED) is 0.891. The average Bonchev–Trinajstić information content (AvgIpc) is 2.61. The Hall–Kier alpha value is -1.75. The highest BCUT2D eigenvalue weighted by Crippen LogP contribution is 2.17. The normalized spacial score (nSPS) is 10.9. The number of hydrogen-bond donors (Lipinski definition) is 2. The summed E-state index contributed by atoms with van der Waals surface area (Å²) >= 11 is 6.10. The van der Waals surface area contributed by atoms with Crippen LogP contribution >= 0.6 is 11.6 Å². The van der Waals surface area contributed by atoms with Gasteiger partial charge in [-0.15, -0.1) is 5.10 Å². The van der Waals surface area contributed by atoms with Crippen LogP contribution in [0.2, 0.25) is 5.02 Å². The summed E-state index contributed by atoms with van der Waals surface area (Å²) in [6.07, 6.45) is 0. The summed E-state index contributed by atoms with van der Waals surface area (Å²) in [4.78, 5) is 4.15. The minimum atomic E-state index is 0.264. The predicted octanol–water partition coefficient (Wildman–Crippen LogP) is 2.38. The van der Waals surface area contributed by atoms with Crippen molar-refractivity contribution in [3.8, 4) is 0 Å². The van der Waals surface area contributed by atoms with Crippen molar-refractivity contribution in [3.63, 3.8) is 0 Å². The van der Waals surface area contributed by atoms with E-state index >= 15 is 0 Å². The van der Waals surface area contributed by atoms with Crippen molar-refractivity contribution in [2.45, 2.75) is 26.4 Å². The van der Waals surface area contributed by atoms with Gasteiger partial charge in [-0.2, -0.15) is 4.98 Å². The summed E-state index contributed by atoms with van der Waals surface area (Å²) in [7, 11) is 0. The van der Waals surface area contributed by atoms with Crippen LogP contribution in [0.4, 0.5) is 11.9 Å². The van der Waals surface area contributed by atoms with Crippen LogP contribution in [0.25, 0.3) is 0 Å². The molecule has 96 valence electrons. The summed E-state index contributed by atoms with van der Waals surface area (Å²) in [5.74, 6) is 0.910. The van der Waals surface area contributed by atoms with Gasteiger partial charge >= 0.3 is 0 Å². The first-order valence-electron chi connectivity index (χ1n) is 5.76. The van der Waals surface area contributed by atoms with Crippen LogP contribution in [0.3, 0.4) is 0 Å². The molecule has 3 N–H and O–H groups in total. The van der Waals surface area contributed by atoms with Crippen LogP contribution in [0.1, 0.15) is 19.4 Å². The van der Waals surface area contributed by atoms with Crippen LogP contribution in [-0.4, -0.2) is 20.8 Å². The van der Waals surface area contributed by atoms with E-state index in [1.165, 1.54) is 0 Å². The van der Waals surface area contributed by atoms with Crippen LogP contribution in [0.5, 0.6) is 0 Å². The van der Waals surface area contributed by atoms with Gasteiger partial charge in [-0.3, -0.25) is 0 Å². The molecule has 0 radical (unpaired) electrons. The molecule has 5 nitrogen and oxygen atoms in total. The molecule has 1 aromatic carbocycles. The Labute approximate surface area is 111 Å². The van der Waals surface area contributed by atoms with Crippen LogP contribution in [-0.2, 0) is 6.54 Å². The Morgan fingerprint density at radius 3 is 2.78 bits per heavy atom. The van der Waals surface area contributed by atoms with Gasteiger partial charge in [0, 0.05) is 11.1 Å². The highest BCUT2D eigenvalue weighted by molar-refractivity contribution is 6.31. The monoisotopic (exact) mass is 265 g/mol. The number of rotatable bonds is 4. The number of nitrogen functional groups attached to an aromatic ring is 1. The van der Waals surface area contributed by atoms with Crippen molar-refractivity contribution in [1.82, 2.24) is 14.8 Å². The molecule has 0 fully saturated rings. The molecular formula is C12H16ClN5. The standard InChI is InChI=1S/C12H16ClN5/c1-8(2)15-12-16-11(14)18(17-12)7-9-5-3-4-6-10(9)13/h3-6,8H,7H2,1-2H3,(H3,14,15,16,17). The minimum Gasteiger partial charge on any atom is -0.368 e. The lowest BCUT2D eigenvalue weighted by molar-refractivity contribution is 0.695. The first-order chi connectivity index (χ1) is 8.56. The summed E-state index contributed by atoms with van der Waals surface area (Å²) in [5, 5.41) is 8.11. The fraction of sp³-hybridized carbons (Fsp3) is 0.333. The molecular weight excluding hydrogens is 250 g/mol. The molecule has 0 saturated heterocycles. The SMILES string of the molecule is CC(C)Nc1nc(N)n(Cc2ccccc2Cl)n1. The zero-order chi connectivity index (χ0) is 13.1. The lowest BCUT2D eigenvalue weighted by atomic mass is 10.2. The van der Waals surface area contributed by atoms with E-state index in [1.54, 1.807) is 4.68 Å². The second-order valence-electron chi connectivity index (χ2n) is 4.34. The first kappa shape index (κ1) is 12.7. The van der Waals surface area contributed by atoms with E-state index < -0.39 is 0 Å². The minimum absolute atomic E-state index is 0.264. The summed E-state index contributed by atoms with van der Waals surface area (Å²) in [5.41, 5.74) is 6.79. The Kier molecular flexibility index (Phi) is 3.72. The van der Waals surface area contributed by atoms with Crippen LogP contribution in [0, 0.1) is 0 Å². The molecule has 0 atom stereocenters. The second-order valence-corrected chi connectivity index (χ2v) is 4.75. The fourth-order valence-corrected chi connectivity index (χ4v) is 1.77. The van der Waals surface area contributed by atoms with Gasteiger partial charge in [0.1, 0.15) is 0 Å². The second kappa shape index (κ2) is 5.27. The zero-order valence-corrected chi connectivity index (χ0v) is 11.1. The van der Waals surface area contributed by atoms with Gasteiger partial charge in [0.05, 0.1) is 6.54 Å². The van der Waals surface area contributed by atoms with E-state index in [0.29, 0.717) is 23.5 Å². The van der Waals surface area contributed by atoms with Crippen molar-refractivity contribution in [2.75, 3.05) is 11.1 Å². The van der Waals surface area contributed by atoms with Crippen molar-refractivity contribution in [2.24, 2.45) is 0 Å². The van der Waals surface area contributed by atoms with Gasteiger partial charge in [-0.25, -0.2) is 4.68 Å². The molecule has 0 spiro atoms. The van der Waals surface area contributed by atoms with E-state index in [4.69, 9.17) is 17.3 Å². The van der Waals surface area contributed by atoms with Crippen molar-refractivity contribution in [1.29, 1.82) is 0 Å². The molecule has 2 rings (SSSR count).